The van der Waals surface area contributed by atoms with E-state index in [0.29, 0.717) is 0 Å². The van der Waals surface area contributed by atoms with Crippen LogP contribution in [0.4, 0.5) is 0 Å². The van der Waals surface area contributed by atoms with Crippen molar-refractivity contribution in [1.82, 2.24) is 5.32 Å². The molecule has 1 aliphatic rings. The molecule has 0 bridgehead atoms. The predicted octanol–water partition coefficient (Wildman–Crippen LogP) is 1.67. The molecule has 1 rings (SSSR count). The molecule has 8 heteroatoms. The summed E-state index contributed by atoms with van der Waals surface area (Å²) in [5, 5.41) is 2.45. The van der Waals surface area contributed by atoms with Gasteiger partial charge in [-0.2, -0.15) is 0 Å². The number of esters is 1. The zero-order valence-corrected chi connectivity index (χ0v) is 13.0. The van der Waals surface area contributed by atoms with Crippen molar-refractivity contribution in [2.45, 2.75) is 37.9 Å². The van der Waals surface area contributed by atoms with Crippen LogP contribution in [0.1, 0.15) is 32.1 Å². The SMILES string of the molecule is COC(=O)C(NC(=O)C1CCCCC1)P(=O)(OC)OC. The Hall–Kier alpha value is -0.910. The Morgan fingerprint density at radius 2 is 1.65 bits per heavy atom. The Morgan fingerprint density at radius 1 is 1.10 bits per heavy atom. The molecule has 0 aliphatic heterocycles. The number of carbonyl (C=O) groups excluding carboxylic acids is 2. The summed E-state index contributed by atoms with van der Waals surface area (Å²) in [7, 11) is -0.305. The maximum Gasteiger partial charge on any atom is 0.363 e. The summed E-state index contributed by atoms with van der Waals surface area (Å²) in [6.45, 7) is 0. The van der Waals surface area contributed by atoms with Crippen molar-refractivity contribution >= 4 is 19.5 Å². The summed E-state index contributed by atoms with van der Waals surface area (Å²) >= 11 is 0. The second-order valence-electron chi connectivity index (χ2n) is 4.67. The van der Waals surface area contributed by atoms with E-state index in [2.05, 4.69) is 10.1 Å². The fourth-order valence-corrected chi connectivity index (χ4v) is 3.50. The monoisotopic (exact) mass is 307 g/mol. The molecular formula is C12H22NO6P. The number of ether oxygens (including phenoxy) is 1. The quantitative estimate of drug-likeness (QED) is 0.593. The van der Waals surface area contributed by atoms with E-state index >= 15 is 0 Å². The molecule has 7 nitrogen and oxygen atoms in total. The van der Waals surface area contributed by atoms with Crippen LogP contribution in [-0.4, -0.2) is 39.0 Å². The highest BCUT2D eigenvalue weighted by Gasteiger charge is 2.43. The minimum absolute atomic E-state index is 0.168. The summed E-state index contributed by atoms with van der Waals surface area (Å²) in [5.41, 5.74) is 0. The average molecular weight is 307 g/mol. The van der Waals surface area contributed by atoms with E-state index in [1.807, 2.05) is 0 Å². The number of methoxy groups -OCH3 is 1. The molecule has 1 saturated carbocycles. The molecule has 0 heterocycles. The van der Waals surface area contributed by atoms with Gasteiger partial charge in [0.05, 0.1) is 7.11 Å². The Kier molecular flexibility index (Phi) is 6.65. The molecule has 116 valence electrons. The highest BCUT2D eigenvalue weighted by atomic mass is 31.2. The standard InChI is InChI=1S/C12H22NO6P/c1-17-12(15)11(20(16,18-2)19-3)13-10(14)9-7-5-4-6-8-9/h9,11H,4-8H2,1-3H3,(H,13,14). The first-order valence-corrected chi connectivity index (χ1v) is 8.19. The number of rotatable bonds is 6. The van der Waals surface area contributed by atoms with Gasteiger partial charge in [-0.15, -0.1) is 0 Å². The number of hydrogen-bond donors (Lipinski definition) is 1. The normalized spacial score (nSPS) is 18.4. The maximum atomic E-state index is 12.3. The van der Waals surface area contributed by atoms with Gasteiger partial charge in [0.15, 0.2) is 0 Å². The van der Waals surface area contributed by atoms with E-state index in [1.165, 1.54) is 0 Å². The Bertz CT molecular complexity index is 385. The van der Waals surface area contributed by atoms with Gasteiger partial charge in [-0.1, -0.05) is 19.3 Å². The van der Waals surface area contributed by atoms with Gasteiger partial charge in [0.25, 0.3) is 0 Å². The van der Waals surface area contributed by atoms with E-state index in [4.69, 9.17) is 9.05 Å². The minimum Gasteiger partial charge on any atom is -0.467 e. The molecule has 1 amide bonds. The Morgan fingerprint density at radius 3 is 2.10 bits per heavy atom. The van der Waals surface area contributed by atoms with Gasteiger partial charge in [-0.3, -0.25) is 9.36 Å². The smallest absolute Gasteiger partial charge is 0.363 e. The van der Waals surface area contributed by atoms with E-state index in [9.17, 15) is 14.2 Å². The molecule has 0 aromatic rings. The van der Waals surface area contributed by atoms with Crippen LogP contribution in [0.5, 0.6) is 0 Å². The van der Waals surface area contributed by atoms with Gasteiger partial charge in [-0.05, 0) is 12.8 Å². The van der Waals surface area contributed by atoms with Crippen molar-refractivity contribution in [2.75, 3.05) is 21.3 Å². The molecule has 0 spiro atoms. The molecule has 0 aromatic carbocycles. The maximum absolute atomic E-state index is 12.3. The summed E-state index contributed by atoms with van der Waals surface area (Å²) in [6, 6.07) is 0. The lowest BCUT2D eigenvalue weighted by Crippen LogP contribution is -2.44. The van der Waals surface area contributed by atoms with Crippen LogP contribution in [0.25, 0.3) is 0 Å². The molecule has 0 radical (unpaired) electrons. The highest BCUT2D eigenvalue weighted by molar-refractivity contribution is 7.55. The van der Waals surface area contributed by atoms with Crippen LogP contribution < -0.4 is 5.32 Å². The van der Waals surface area contributed by atoms with Crippen molar-refractivity contribution in [2.24, 2.45) is 5.92 Å². The second-order valence-corrected chi connectivity index (χ2v) is 7.00. The summed E-state index contributed by atoms with van der Waals surface area (Å²) < 4.78 is 26.4. The number of amides is 1. The first-order valence-electron chi connectivity index (χ1n) is 6.58. The molecule has 1 N–H and O–H groups in total. The molecular weight excluding hydrogens is 285 g/mol. The van der Waals surface area contributed by atoms with Crippen molar-refractivity contribution in [1.29, 1.82) is 0 Å². The lowest BCUT2D eigenvalue weighted by Gasteiger charge is -2.26. The fraction of sp³-hybridized carbons (Fsp3) is 0.833. The number of carbonyl (C=O) groups is 2. The topological polar surface area (TPSA) is 90.9 Å². The van der Waals surface area contributed by atoms with E-state index in [-0.39, 0.29) is 11.8 Å². The van der Waals surface area contributed by atoms with Gasteiger partial charge in [0.1, 0.15) is 0 Å². The first-order chi connectivity index (χ1) is 9.48. The third-order valence-corrected chi connectivity index (χ3v) is 5.49. The van der Waals surface area contributed by atoms with Crippen LogP contribution in [0.2, 0.25) is 0 Å². The summed E-state index contributed by atoms with van der Waals surface area (Å²) in [5.74, 6) is -2.76. The van der Waals surface area contributed by atoms with Gasteiger partial charge in [0, 0.05) is 20.1 Å². The van der Waals surface area contributed by atoms with E-state index in [0.717, 1.165) is 53.4 Å². The predicted molar refractivity (Wildman–Crippen MR) is 72.1 cm³/mol. The molecule has 1 fully saturated rings. The Balaban J connectivity index is 2.81. The molecule has 1 unspecified atom stereocenters. The molecule has 20 heavy (non-hydrogen) atoms. The largest absolute Gasteiger partial charge is 0.467 e. The lowest BCUT2D eigenvalue weighted by molar-refractivity contribution is -0.143. The molecule has 0 aromatic heterocycles. The van der Waals surface area contributed by atoms with Crippen molar-refractivity contribution in [3.05, 3.63) is 0 Å². The van der Waals surface area contributed by atoms with Crippen molar-refractivity contribution < 1.29 is 27.9 Å². The van der Waals surface area contributed by atoms with Gasteiger partial charge >= 0.3 is 13.6 Å². The van der Waals surface area contributed by atoms with Gasteiger partial charge in [0.2, 0.25) is 11.7 Å². The number of hydrogen-bond acceptors (Lipinski definition) is 6. The van der Waals surface area contributed by atoms with Crippen LogP contribution in [0.3, 0.4) is 0 Å². The first kappa shape index (κ1) is 17.1. The van der Waals surface area contributed by atoms with Crippen molar-refractivity contribution in [3.63, 3.8) is 0 Å². The molecule has 0 saturated heterocycles. The Labute approximate surface area is 118 Å². The highest BCUT2D eigenvalue weighted by Crippen LogP contribution is 2.51. The minimum atomic E-state index is -3.78. The second kappa shape index (κ2) is 7.76. The summed E-state index contributed by atoms with van der Waals surface area (Å²) in [6.07, 6.45) is 4.60. The third-order valence-electron chi connectivity index (χ3n) is 3.50. The fourth-order valence-electron chi connectivity index (χ4n) is 2.28. The zero-order chi connectivity index (χ0) is 15.2. The molecule has 1 atom stereocenters. The van der Waals surface area contributed by atoms with Crippen LogP contribution in [0, 0.1) is 5.92 Å². The van der Waals surface area contributed by atoms with Gasteiger partial charge in [-0.25, -0.2) is 4.79 Å². The van der Waals surface area contributed by atoms with Crippen LogP contribution >= 0.6 is 7.60 Å². The lowest BCUT2D eigenvalue weighted by atomic mass is 9.89. The number of nitrogens with one attached hydrogen (secondary N) is 1. The van der Waals surface area contributed by atoms with E-state index in [1.54, 1.807) is 0 Å². The van der Waals surface area contributed by atoms with Crippen LogP contribution in [-0.2, 0) is 27.9 Å². The average Bonchev–Trinajstić information content (AvgIpc) is 2.51. The van der Waals surface area contributed by atoms with E-state index < -0.39 is 19.3 Å². The summed E-state index contributed by atoms with van der Waals surface area (Å²) in [4.78, 5) is 23.9. The zero-order valence-electron chi connectivity index (χ0n) is 12.1. The van der Waals surface area contributed by atoms with Gasteiger partial charge < -0.3 is 19.1 Å². The van der Waals surface area contributed by atoms with Crippen molar-refractivity contribution in [3.8, 4) is 0 Å². The van der Waals surface area contributed by atoms with Crippen LogP contribution in [0.15, 0.2) is 0 Å². The molecule has 1 aliphatic carbocycles. The third kappa shape index (κ3) is 4.04.